The van der Waals surface area contributed by atoms with Crippen molar-refractivity contribution in [2.24, 2.45) is 5.92 Å². The molecule has 8 nitrogen and oxygen atoms in total. The molecule has 0 saturated carbocycles. The fraction of sp³-hybridized carbons (Fsp3) is 0.765. The van der Waals surface area contributed by atoms with Crippen LogP contribution >= 0.6 is 0 Å². The summed E-state index contributed by atoms with van der Waals surface area (Å²) < 4.78 is 43.1. The average molecular weight is 386 g/mol. The van der Waals surface area contributed by atoms with Crippen LogP contribution in [0, 0.1) is 19.8 Å². The van der Waals surface area contributed by atoms with Crippen molar-refractivity contribution in [1.29, 1.82) is 0 Å². The molecular weight excluding hydrogens is 360 g/mol. The minimum Gasteiger partial charge on any atom is -0.463 e. The van der Waals surface area contributed by atoms with E-state index >= 15 is 0 Å². The van der Waals surface area contributed by atoms with Crippen LogP contribution in [0.3, 0.4) is 0 Å². The molecule has 0 bridgehead atoms. The van der Waals surface area contributed by atoms with Crippen molar-refractivity contribution >= 4 is 16.0 Å². The Morgan fingerprint density at radius 2 is 2.08 bits per heavy atom. The number of esters is 1. The van der Waals surface area contributed by atoms with Crippen LogP contribution in [0.2, 0.25) is 0 Å². The van der Waals surface area contributed by atoms with Crippen LogP contribution in [-0.2, 0) is 24.3 Å². The molecule has 2 unspecified atom stereocenters. The Bertz CT molecular complexity index is 719. The summed E-state index contributed by atoms with van der Waals surface area (Å²) in [7, 11) is -3.74. The Kier molecular flexibility index (Phi) is 5.99. The number of sulfonamides is 1. The van der Waals surface area contributed by atoms with E-state index in [9.17, 15) is 13.2 Å². The molecule has 3 rings (SSSR count). The third-order valence-electron chi connectivity index (χ3n) is 4.97. The highest BCUT2D eigenvalue weighted by Gasteiger charge is 2.37. The summed E-state index contributed by atoms with van der Waals surface area (Å²) in [5.74, 6) is -0.540. The normalized spacial score (nSPS) is 25.2. The molecular formula is C17H26N2O6S. The average Bonchev–Trinajstić information content (AvgIpc) is 2.99. The van der Waals surface area contributed by atoms with E-state index in [1.165, 1.54) is 4.31 Å². The molecule has 2 aliphatic heterocycles. The topological polar surface area (TPSA) is 98.9 Å². The maximum Gasteiger partial charge on any atom is 0.310 e. The van der Waals surface area contributed by atoms with Gasteiger partial charge in [0.1, 0.15) is 17.2 Å². The van der Waals surface area contributed by atoms with Crippen LogP contribution in [0.15, 0.2) is 9.42 Å². The van der Waals surface area contributed by atoms with Gasteiger partial charge >= 0.3 is 5.97 Å². The molecule has 146 valence electrons. The number of carbonyl (C=O) groups excluding carboxylic acids is 1. The number of aryl methyl sites for hydroxylation is 2. The summed E-state index contributed by atoms with van der Waals surface area (Å²) in [6.45, 7) is 4.62. The first-order valence-corrected chi connectivity index (χ1v) is 10.5. The van der Waals surface area contributed by atoms with E-state index in [0.717, 1.165) is 19.3 Å². The number of aromatic nitrogens is 1. The Hall–Kier alpha value is -1.45. The number of nitrogens with zero attached hydrogens (tertiary/aromatic N) is 2. The number of carbonyl (C=O) groups is 1. The summed E-state index contributed by atoms with van der Waals surface area (Å²) in [6.07, 6.45) is 4.21. The van der Waals surface area contributed by atoms with Gasteiger partial charge in [0.05, 0.1) is 12.0 Å². The Labute approximate surface area is 153 Å². The predicted octanol–water partition coefficient (Wildman–Crippen LogP) is 1.80. The Morgan fingerprint density at radius 1 is 1.27 bits per heavy atom. The third kappa shape index (κ3) is 4.10. The molecule has 1 aromatic heterocycles. The van der Waals surface area contributed by atoms with E-state index in [1.54, 1.807) is 13.8 Å². The zero-order valence-corrected chi connectivity index (χ0v) is 16.1. The van der Waals surface area contributed by atoms with Crippen molar-refractivity contribution in [3.8, 4) is 0 Å². The first-order chi connectivity index (χ1) is 12.4. The monoisotopic (exact) mass is 386 g/mol. The van der Waals surface area contributed by atoms with Crippen LogP contribution in [-0.4, -0.2) is 56.3 Å². The second-order valence-corrected chi connectivity index (χ2v) is 8.85. The Morgan fingerprint density at radius 3 is 2.73 bits per heavy atom. The maximum absolute atomic E-state index is 12.9. The third-order valence-corrected chi connectivity index (χ3v) is 7.08. The lowest BCUT2D eigenvalue weighted by Gasteiger charge is -2.31. The van der Waals surface area contributed by atoms with E-state index < -0.39 is 15.9 Å². The smallest absolute Gasteiger partial charge is 0.310 e. The van der Waals surface area contributed by atoms with Gasteiger partial charge in [0.2, 0.25) is 10.0 Å². The molecule has 0 aromatic carbocycles. The summed E-state index contributed by atoms with van der Waals surface area (Å²) in [6, 6.07) is 0. The second kappa shape index (κ2) is 8.06. The van der Waals surface area contributed by atoms with Crippen molar-refractivity contribution < 1.29 is 27.2 Å². The molecule has 0 radical (unpaired) electrons. The molecule has 2 fully saturated rings. The zero-order valence-electron chi connectivity index (χ0n) is 15.3. The van der Waals surface area contributed by atoms with Gasteiger partial charge in [-0.05, 0) is 46.0 Å². The zero-order chi connectivity index (χ0) is 18.7. The first-order valence-electron chi connectivity index (χ1n) is 9.11. The molecule has 2 atom stereocenters. The second-order valence-electron chi connectivity index (χ2n) is 6.97. The summed E-state index contributed by atoms with van der Waals surface area (Å²) in [4.78, 5) is 12.5. The van der Waals surface area contributed by atoms with E-state index in [4.69, 9.17) is 14.0 Å². The van der Waals surface area contributed by atoms with Gasteiger partial charge in [-0.1, -0.05) is 5.16 Å². The van der Waals surface area contributed by atoms with Gasteiger partial charge in [-0.15, -0.1) is 0 Å². The minimum atomic E-state index is -3.74. The molecule has 0 N–H and O–H groups in total. The molecule has 0 spiro atoms. The maximum atomic E-state index is 12.9. The van der Waals surface area contributed by atoms with Gasteiger partial charge in [0, 0.05) is 19.7 Å². The van der Waals surface area contributed by atoms with E-state index in [1.807, 2.05) is 0 Å². The van der Waals surface area contributed by atoms with Crippen molar-refractivity contribution in [3.05, 3.63) is 11.5 Å². The number of hydrogen-bond acceptors (Lipinski definition) is 7. The molecule has 26 heavy (non-hydrogen) atoms. The van der Waals surface area contributed by atoms with Gasteiger partial charge in [0.25, 0.3) is 0 Å². The number of ether oxygens (including phenoxy) is 2. The molecule has 0 aliphatic carbocycles. The number of rotatable bonds is 5. The fourth-order valence-corrected chi connectivity index (χ4v) is 5.37. The highest BCUT2D eigenvalue weighted by atomic mass is 32.2. The number of hydrogen-bond donors (Lipinski definition) is 0. The van der Waals surface area contributed by atoms with Gasteiger partial charge in [-0.3, -0.25) is 4.79 Å². The molecule has 1 aromatic rings. The van der Waals surface area contributed by atoms with Crippen molar-refractivity contribution in [2.45, 2.75) is 57.0 Å². The molecule has 3 heterocycles. The van der Waals surface area contributed by atoms with Gasteiger partial charge in [-0.2, -0.15) is 4.31 Å². The lowest BCUT2D eigenvalue weighted by molar-refractivity contribution is -0.155. The minimum absolute atomic E-state index is 0.0431. The molecule has 2 saturated heterocycles. The Balaban J connectivity index is 1.62. The van der Waals surface area contributed by atoms with Crippen molar-refractivity contribution in [2.75, 3.05) is 26.3 Å². The van der Waals surface area contributed by atoms with Crippen molar-refractivity contribution in [1.82, 2.24) is 9.46 Å². The van der Waals surface area contributed by atoms with E-state index in [2.05, 4.69) is 5.16 Å². The van der Waals surface area contributed by atoms with Crippen LogP contribution in [0.5, 0.6) is 0 Å². The van der Waals surface area contributed by atoms with Gasteiger partial charge < -0.3 is 14.0 Å². The summed E-state index contributed by atoms with van der Waals surface area (Å²) in [5, 5.41) is 3.73. The SMILES string of the molecule is Cc1noc(C)c1S(=O)(=O)N1CCCC(C(=O)OCC2CCCCO2)C1. The van der Waals surface area contributed by atoms with Crippen molar-refractivity contribution in [3.63, 3.8) is 0 Å². The van der Waals surface area contributed by atoms with E-state index in [0.29, 0.717) is 31.7 Å². The lowest BCUT2D eigenvalue weighted by atomic mass is 10.00. The highest BCUT2D eigenvalue weighted by molar-refractivity contribution is 7.89. The predicted molar refractivity (Wildman–Crippen MR) is 92.0 cm³/mol. The quantitative estimate of drug-likeness (QED) is 0.712. The standard InChI is InChI=1S/C17H26N2O6S/c1-12-16(13(2)25-18-12)26(21,22)19-8-5-6-14(10-19)17(20)24-11-15-7-3-4-9-23-15/h14-15H,3-11H2,1-2H3. The molecule has 0 amide bonds. The lowest BCUT2D eigenvalue weighted by Crippen LogP contribution is -2.43. The van der Waals surface area contributed by atoms with E-state index in [-0.39, 0.29) is 35.9 Å². The number of piperidine rings is 1. The largest absolute Gasteiger partial charge is 0.463 e. The van der Waals surface area contributed by atoms with Crippen LogP contribution in [0.1, 0.15) is 43.6 Å². The highest BCUT2D eigenvalue weighted by Crippen LogP contribution is 2.28. The van der Waals surface area contributed by atoms with Crippen LogP contribution < -0.4 is 0 Å². The summed E-state index contributed by atoms with van der Waals surface area (Å²) in [5.41, 5.74) is 0.335. The van der Waals surface area contributed by atoms with Crippen LogP contribution in [0.25, 0.3) is 0 Å². The molecule has 2 aliphatic rings. The summed E-state index contributed by atoms with van der Waals surface area (Å²) >= 11 is 0. The first kappa shape index (κ1) is 19.3. The fourth-order valence-electron chi connectivity index (χ4n) is 3.56. The van der Waals surface area contributed by atoms with Gasteiger partial charge in [0.15, 0.2) is 5.76 Å². The van der Waals surface area contributed by atoms with Gasteiger partial charge in [-0.25, -0.2) is 8.42 Å². The molecule has 9 heteroatoms. The van der Waals surface area contributed by atoms with Crippen LogP contribution in [0.4, 0.5) is 0 Å².